The van der Waals surface area contributed by atoms with Gasteiger partial charge in [0.15, 0.2) is 0 Å². The van der Waals surface area contributed by atoms with Crippen LogP contribution in [-0.4, -0.2) is 40.8 Å². The molecular weight excluding hydrogens is 347 g/mol. The van der Waals surface area contributed by atoms with Crippen LogP contribution in [0.4, 0.5) is 13.2 Å². The molecular formula is C14H14F3N3O5. The largest absolute Gasteiger partial charge is 0.462 e. The number of esters is 1. The Kier molecular flexibility index (Phi) is 5.14. The number of aromatic nitrogens is 2. The molecule has 0 atom stereocenters. The van der Waals surface area contributed by atoms with Crippen LogP contribution in [0, 0.1) is 6.92 Å². The number of fused-ring (bicyclic) bond motifs is 1. The molecule has 0 unspecified atom stereocenters. The molecule has 25 heavy (non-hydrogen) atoms. The topological polar surface area (TPSA) is 103 Å². The number of nitrogens with one attached hydrogen (secondary N) is 1. The summed E-state index contributed by atoms with van der Waals surface area (Å²) in [6.07, 6.45) is -3.61. The van der Waals surface area contributed by atoms with Crippen LogP contribution >= 0.6 is 0 Å². The quantitative estimate of drug-likeness (QED) is 0.802. The van der Waals surface area contributed by atoms with E-state index in [1.807, 2.05) is 0 Å². The number of amides is 1. The third kappa shape index (κ3) is 4.17. The summed E-state index contributed by atoms with van der Waals surface area (Å²) >= 11 is 0. The highest BCUT2D eigenvalue weighted by molar-refractivity contribution is 6.03. The van der Waals surface area contributed by atoms with Gasteiger partial charge in [-0.2, -0.15) is 13.2 Å². The van der Waals surface area contributed by atoms with Crippen LogP contribution in [0.25, 0.3) is 11.1 Å². The molecule has 0 fully saturated rings. The van der Waals surface area contributed by atoms with Gasteiger partial charge in [0.05, 0.1) is 6.61 Å². The first-order chi connectivity index (χ1) is 11.6. The molecule has 0 aliphatic carbocycles. The zero-order valence-electron chi connectivity index (χ0n) is 13.3. The number of ether oxygens (including phenoxy) is 1. The molecule has 136 valence electrons. The minimum absolute atomic E-state index is 0.0687. The molecule has 2 heterocycles. The molecule has 0 aromatic carbocycles. The molecule has 0 radical (unpaired) electrons. The van der Waals surface area contributed by atoms with E-state index in [9.17, 15) is 27.6 Å². The number of carbonyl (C=O) groups is 2. The van der Waals surface area contributed by atoms with E-state index in [-0.39, 0.29) is 29.0 Å². The fraction of sp³-hybridized carbons (Fsp3) is 0.429. The molecule has 0 spiro atoms. The summed E-state index contributed by atoms with van der Waals surface area (Å²) in [7, 11) is 0. The molecule has 0 aliphatic rings. The maximum Gasteiger partial charge on any atom is 0.405 e. The molecule has 0 bridgehead atoms. The van der Waals surface area contributed by atoms with Gasteiger partial charge in [0.1, 0.15) is 36.1 Å². The second-order valence-electron chi connectivity index (χ2n) is 5.00. The molecule has 1 N–H and O–H groups in total. The van der Waals surface area contributed by atoms with E-state index in [1.165, 1.54) is 6.92 Å². The second kappa shape index (κ2) is 6.95. The highest BCUT2D eigenvalue weighted by Gasteiger charge is 2.28. The van der Waals surface area contributed by atoms with Crippen molar-refractivity contribution in [2.45, 2.75) is 26.6 Å². The van der Waals surface area contributed by atoms with Crippen LogP contribution in [0.3, 0.4) is 0 Å². The van der Waals surface area contributed by atoms with E-state index in [0.29, 0.717) is 0 Å². The van der Waals surface area contributed by atoms with Gasteiger partial charge in [-0.15, -0.1) is 0 Å². The van der Waals surface area contributed by atoms with Crippen molar-refractivity contribution in [1.29, 1.82) is 0 Å². The van der Waals surface area contributed by atoms with Crippen molar-refractivity contribution < 1.29 is 31.9 Å². The Morgan fingerprint density at radius 1 is 1.40 bits per heavy atom. The van der Waals surface area contributed by atoms with Crippen LogP contribution in [0.2, 0.25) is 0 Å². The summed E-state index contributed by atoms with van der Waals surface area (Å²) < 4.78 is 47.2. The Morgan fingerprint density at radius 2 is 2.08 bits per heavy atom. The number of carbonyl (C=O) groups excluding carboxylic acids is 2. The minimum Gasteiger partial charge on any atom is -0.462 e. The normalized spacial score (nSPS) is 11.6. The van der Waals surface area contributed by atoms with Gasteiger partial charge in [-0.1, -0.05) is 0 Å². The number of halogens is 3. The first kappa shape index (κ1) is 18.5. The fourth-order valence-electron chi connectivity index (χ4n) is 2.11. The van der Waals surface area contributed by atoms with Gasteiger partial charge in [0.2, 0.25) is 11.6 Å². The third-order valence-corrected chi connectivity index (χ3v) is 3.13. The predicted molar refractivity (Wildman–Crippen MR) is 78.0 cm³/mol. The van der Waals surface area contributed by atoms with E-state index < -0.39 is 36.7 Å². The predicted octanol–water partition coefficient (Wildman–Crippen LogP) is 1.15. The van der Waals surface area contributed by atoms with Gasteiger partial charge in [-0.3, -0.25) is 14.2 Å². The van der Waals surface area contributed by atoms with Crippen LogP contribution in [0.5, 0.6) is 0 Å². The molecule has 0 saturated carbocycles. The standard InChI is InChI=1S/C14H14F3N3O5/c1-3-24-13(23)9-7(2)25-11-10(9)12(22)20(6-19-11)4-8(21)18-5-14(15,16)17/h6H,3-5H2,1-2H3,(H,18,21). The van der Waals surface area contributed by atoms with Crippen molar-refractivity contribution in [3.8, 4) is 0 Å². The maximum atomic E-state index is 12.5. The monoisotopic (exact) mass is 361 g/mol. The Morgan fingerprint density at radius 3 is 2.68 bits per heavy atom. The molecule has 0 aliphatic heterocycles. The van der Waals surface area contributed by atoms with Gasteiger partial charge in [-0.05, 0) is 13.8 Å². The van der Waals surface area contributed by atoms with E-state index in [4.69, 9.17) is 9.15 Å². The number of furan rings is 1. The van der Waals surface area contributed by atoms with Crippen molar-refractivity contribution in [2.24, 2.45) is 0 Å². The second-order valence-corrected chi connectivity index (χ2v) is 5.00. The SMILES string of the molecule is CCOC(=O)c1c(C)oc2ncn(CC(=O)NCC(F)(F)F)c(=O)c12. The summed E-state index contributed by atoms with van der Waals surface area (Å²) in [5.74, 6) is -1.72. The lowest BCUT2D eigenvalue weighted by atomic mass is 10.2. The lowest BCUT2D eigenvalue weighted by Gasteiger charge is -2.09. The van der Waals surface area contributed by atoms with E-state index in [0.717, 1.165) is 10.9 Å². The van der Waals surface area contributed by atoms with Gasteiger partial charge >= 0.3 is 12.1 Å². The summed E-state index contributed by atoms with van der Waals surface area (Å²) in [5, 5.41) is 1.45. The number of aryl methyl sites for hydroxylation is 1. The number of hydrogen-bond donors (Lipinski definition) is 1. The van der Waals surface area contributed by atoms with Crippen molar-refractivity contribution in [3.63, 3.8) is 0 Å². The van der Waals surface area contributed by atoms with Crippen LogP contribution < -0.4 is 10.9 Å². The smallest absolute Gasteiger partial charge is 0.405 e. The van der Waals surface area contributed by atoms with Crippen molar-refractivity contribution in [1.82, 2.24) is 14.9 Å². The van der Waals surface area contributed by atoms with Gasteiger partial charge < -0.3 is 14.5 Å². The molecule has 11 heteroatoms. The van der Waals surface area contributed by atoms with E-state index in [2.05, 4.69) is 4.98 Å². The zero-order valence-corrected chi connectivity index (χ0v) is 13.3. The van der Waals surface area contributed by atoms with Crippen LogP contribution in [-0.2, 0) is 16.1 Å². The molecule has 2 rings (SSSR count). The number of rotatable bonds is 5. The third-order valence-electron chi connectivity index (χ3n) is 3.13. The Labute approximate surface area is 138 Å². The molecule has 8 nitrogen and oxygen atoms in total. The number of alkyl halides is 3. The molecule has 1 amide bonds. The molecule has 0 saturated heterocycles. The fourth-order valence-corrected chi connectivity index (χ4v) is 2.11. The lowest BCUT2D eigenvalue weighted by Crippen LogP contribution is -2.37. The van der Waals surface area contributed by atoms with Gasteiger partial charge in [0.25, 0.3) is 5.56 Å². The van der Waals surface area contributed by atoms with E-state index in [1.54, 1.807) is 12.2 Å². The average molecular weight is 361 g/mol. The number of nitrogens with zero attached hydrogens (tertiary/aromatic N) is 2. The molecule has 2 aromatic rings. The van der Waals surface area contributed by atoms with Crippen LogP contribution in [0.15, 0.2) is 15.5 Å². The van der Waals surface area contributed by atoms with Gasteiger partial charge in [-0.25, -0.2) is 9.78 Å². The first-order valence-electron chi connectivity index (χ1n) is 7.13. The lowest BCUT2D eigenvalue weighted by molar-refractivity contribution is -0.138. The van der Waals surface area contributed by atoms with Crippen molar-refractivity contribution in [2.75, 3.05) is 13.2 Å². The first-order valence-corrected chi connectivity index (χ1v) is 7.13. The summed E-state index contributed by atoms with van der Waals surface area (Å²) in [6, 6.07) is 0. The van der Waals surface area contributed by atoms with Crippen molar-refractivity contribution in [3.05, 3.63) is 28.0 Å². The minimum atomic E-state index is -4.57. The van der Waals surface area contributed by atoms with E-state index >= 15 is 0 Å². The summed E-state index contributed by atoms with van der Waals surface area (Å²) in [4.78, 5) is 39.8. The Bertz CT molecular complexity index is 869. The summed E-state index contributed by atoms with van der Waals surface area (Å²) in [6.45, 7) is 0.878. The highest BCUT2D eigenvalue weighted by atomic mass is 19.4. The summed E-state index contributed by atoms with van der Waals surface area (Å²) in [5.41, 5.74) is -1.05. The highest BCUT2D eigenvalue weighted by Crippen LogP contribution is 2.21. The average Bonchev–Trinajstić information content (AvgIpc) is 2.85. The van der Waals surface area contributed by atoms with Crippen molar-refractivity contribution >= 4 is 23.0 Å². The molecule has 2 aromatic heterocycles. The maximum absolute atomic E-state index is 12.5. The zero-order chi connectivity index (χ0) is 18.8. The Hall–Kier alpha value is -2.85. The number of hydrogen-bond acceptors (Lipinski definition) is 6. The Balaban J connectivity index is 2.35. The van der Waals surface area contributed by atoms with Gasteiger partial charge in [0, 0.05) is 0 Å². The van der Waals surface area contributed by atoms with Crippen LogP contribution in [0.1, 0.15) is 23.0 Å².